The van der Waals surface area contributed by atoms with Crippen LogP contribution >= 0.6 is 0 Å². The molecule has 0 unspecified atom stereocenters. The number of hydrogen-bond donors (Lipinski definition) is 2. The van der Waals surface area contributed by atoms with E-state index < -0.39 is 12.0 Å². The van der Waals surface area contributed by atoms with Gasteiger partial charge < -0.3 is 20.1 Å². The number of hydrogen-bond acceptors (Lipinski definition) is 4. The van der Waals surface area contributed by atoms with Crippen LogP contribution in [0.3, 0.4) is 0 Å². The zero-order chi connectivity index (χ0) is 19.6. The first-order chi connectivity index (χ1) is 12.9. The highest BCUT2D eigenvalue weighted by Crippen LogP contribution is 2.38. The standard InChI is InChI=1S/C21H24N2O4/c1-5-26-16-11-10-14-8-6-7-9-15(14)18(16)19-17(20(24)27-12(2)3)13(4)22-21(25)23-19/h6-12,19H,5H2,1-4H3,(H2,22,23,25)/t19-/m1/s1. The number of nitrogens with one attached hydrogen (secondary N) is 2. The second-order valence-corrected chi connectivity index (χ2v) is 6.66. The van der Waals surface area contributed by atoms with Crippen molar-refractivity contribution in [3.05, 3.63) is 53.2 Å². The fourth-order valence-corrected chi connectivity index (χ4v) is 3.31. The fraction of sp³-hybridized carbons (Fsp3) is 0.333. The van der Waals surface area contributed by atoms with Crippen LogP contribution < -0.4 is 15.4 Å². The molecule has 0 aromatic heterocycles. The van der Waals surface area contributed by atoms with Crippen LogP contribution in [0.1, 0.15) is 39.3 Å². The van der Waals surface area contributed by atoms with Crippen molar-refractivity contribution in [2.45, 2.75) is 39.8 Å². The summed E-state index contributed by atoms with van der Waals surface area (Å²) in [6, 6.07) is 10.6. The minimum Gasteiger partial charge on any atom is -0.493 e. The average Bonchev–Trinajstić information content (AvgIpc) is 2.60. The van der Waals surface area contributed by atoms with Crippen molar-refractivity contribution in [3.8, 4) is 5.75 Å². The van der Waals surface area contributed by atoms with Gasteiger partial charge in [-0.05, 0) is 44.5 Å². The number of ether oxygens (including phenoxy) is 2. The summed E-state index contributed by atoms with van der Waals surface area (Å²) in [6.07, 6.45) is -0.269. The van der Waals surface area contributed by atoms with E-state index in [1.54, 1.807) is 20.8 Å². The van der Waals surface area contributed by atoms with Gasteiger partial charge in [0.25, 0.3) is 0 Å². The molecule has 1 aliphatic heterocycles. The van der Waals surface area contributed by atoms with Crippen molar-refractivity contribution in [1.29, 1.82) is 0 Å². The van der Waals surface area contributed by atoms with E-state index in [0.717, 1.165) is 16.3 Å². The predicted octanol–water partition coefficient (Wildman–Crippen LogP) is 3.82. The molecule has 2 aromatic carbocycles. The second kappa shape index (κ2) is 7.70. The Labute approximate surface area is 158 Å². The van der Waals surface area contributed by atoms with Gasteiger partial charge >= 0.3 is 12.0 Å². The zero-order valence-corrected chi connectivity index (χ0v) is 16.0. The third kappa shape index (κ3) is 3.74. The van der Waals surface area contributed by atoms with Gasteiger partial charge in [-0.15, -0.1) is 0 Å². The van der Waals surface area contributed by atoms with Crippen LogP contribution in [-0.2, 0) is 9.53 Å². The fourth-order valence-electron chi connectivity index (χ4n) is 3.31. The second-order valence-electron chi connectivity index (χ2n) is 6.66. The van der Waals surface area contributed by atoms with Gasteiger partial charge in [0.15, 0.2) is 0 Å². The summed E-state index contributed by atoms with van der Waals surface area (Å²) in [5.41, 5.74) is 1.60. The maximum atomic E-state index is 12.8. The highest BCUT2D eigenvalue weighted by Gasteiger charge is 2.35. The lowest BCUT2D eigenvalue weighted by molar-refractivity contribution is -0.143. The monoisotopic (exact) mass is 368 g/mol. The van der Waals surface area contributed by atoms with Crippen LogP contribution in [0.15, 0.2) is 47.7 Å². The van der Waals surface area contributed by atoms with Crippen molar-refractivity contribution in [3.63, 3.8) is 0 Å². The Morgan fingerprint density at radius 2 is 1.93 bits per heavy atom. The van der Waals surface area contributed by atoms with E-state index in [-0.39, 0.29) is 12.1 Å². The summed E-state index contributed by atoms with van der Waals surface area (Å²) >= 11 is 0. The number of rotatable bonds is 5. The van der Waals surface area contributed by atoms with Gasteiger partial charge in [-0.1, -0.05) is 30.3 Å². The number of benzene rings is 2. The molecule has 27 heavy (non-hydrogen) atoms. The highest BCUT2D eigenvalue weighted by molar-refractivity contribution is 5.98. The smallest absolute Gasteiger partial charge is 0.338 e. The molecule has 1 atom stereocenters. The maximum Gasteiger partial charge on any atom is 0.338 e. The molecule has 0 bridgehead atoms. The molecule has 2 amide bonds. The van der Waals surface area contributed by atoms with Gasteiger partial charge in [-0.3, -0.25) is 0 Å². The molecular weight excluding hydrogens is 344 g/mol. The maximum absolute atomic E-state index is 12.8. The summed E-state index contributed by atoms with van der Waals surface area (Å²) in [5, 5.41) is 7.45. The van der Waals surface area contributed by atoms with Crippen molar-refractivity contribution in [2.24, 2.45) is 0 Å². The van der Waals surface area contributed by atoms with Gasteiger partial charge in [0.1, 0.15) is 5.75 Å². The minimum absolute atomic E-state index is 0.269. The topological polar surface area (TPSA) is 76.7 Å². The number of urea groups is 1. The average molecular weight is 368 g/mol. The molecule has 3 rings (SSSR count). The van der Waals surface area contributed by atoms with Crippen LogP contribution in [0.25, 0.3) is 10.8 Å². The van der Waals surface area contributed by atoms with Gasteiger partial charge in [-0.2, -0.15) is 0 Å². The SMILES string of the molecule is CCOc1ccc2ccccc2c1[C@@H]1NC(=O)NC(C)=C1C(=O)OC(C)C. The molecule has 6 heteroatoms. The van der Waals surface area contributed by atoms with Crippen molar-refractivity contribution in [1.82, 2.24) is 10.6 Å². The normalized spacial score (nSPS) is 16.9. The number of esters is 1. The first kappa shape index (κ1) is 18.8. The third-order valence-corrected chi connectivity index (χ3v) is 4.35. The Morgan fingerprint density at radius 1 is 1.19 bits per heavy atom. The number of allylic oxidation sites excluding steroid dienone is 1. The van der Waals surface area contributed by atoms with E-state index in [0.29, 0.717) is 23.6 Å². The van der Waals surface area contributed by atoms with Gasteiger partial charge in [0, 0.05) is 11.3 Å². The molecule has 0 fully saturated rings. The summed E-state index contributed by atoms with van der Waals surface area (Å²) in [4.78, 5) is 25.0. The van der Waals surface area contributed by atoms with E-state index >= 15 is 0 Å². The lowest BCUT2D eigenvalue weighted by Crippen LogP contribution is -2.45. The zero-order valence-electron chi connectivity index (χ0n) is 16.0. The number of carbonyl (C=O) groups is 2. The number of amides is 2. The summed E-state index contributed by atoms with van der Waals surface area (Å²) in [5.74, 6) is 0.168. The highest BCUT2D eigenvalue weighted by atomic mass is 16.5. The summed E-state index contributed by atoms with van der Waals surface area (Å²) in [6.45, 7) is 7.66. The molecule has 2 N–H and O–H groups in total. The third-order valence-electron chi connectivity index (χ3n) is 4.35. The Balaban J connectivity index is 2.22. The molecule has 6 nitrogen and oxygen atoms in total. The molecule has 0 spiro atoms. The molecule has 1 aliphatic rings. The first-order valence-corrected chi connectivity index (χ1v) is 9.06. The summed E-state index contributed by atoms with van der Waals surface area (Å²) in [7, 11) is 0. The van der Waals surface area contributed by atoms with E-state index in [2.05, 4.69) is 10.6 Å². The quantitative estimate of drug-likeness (QED) is 0.787. The Hall–Kier alpha value is -3.02. The van der Waals surface area contributed by atoms with Gasteiger partial charge in [0.05, 0.1) is 24.3 Å². The van der Waals surface area contributed by atoms with Gasteiger partial charge in [0.2, 0.25) is 0 Å². The number of carbonyl (C=O) groups excluding carboxylic acids is 2. The molecule has 0 aliphatic carbocycles. The lowest BCUT2D eigenvalue weighted by atomic mass is 9.90. The van der Waals surface area contributed by atoms with Crippen LogP contribution in [0.2, 0.25) is 0 Å². The Bertz CT molecular complexity index is 918. The van der Waals surface area contributed by atoms with Crippen LogP contribution in [0.5, 0.6) is 5.75 Å². The summed E-state index contributed by atoms with van der Waals surface area (Å²) < 4.78 is 11.3. The van der Waals surface area contributed by atoms with Crippen LogP contribution in [-0.4, -0.2) is 24.7 Å². The molecule has 0 saturated carbocycles. The first-order valence-electron chi connectivity index (χ1n) is 9.06. The Kier molecular flexibility index (Phi) is 5.35. The molecule has 0 radical (unpaired) electrons. The minimum atomic E-state index is -0.669. The molecule has 0 saturated heterocycles. The Morgan fingerprint density at radius 3 is 2.63 bits per heavy atom. The van der Waals surface area contributed by atoms with E-state index in [9.17, 15) is 9.59 Å². The van der Waals surface area contributed by atoms with E-state index in [1.807, 2.05) is 43.3 Å². The van der Waals surface area contributed by atoms with Crippen molar-refractivity contribution in [2.75, 3.05) is 6.61 Å². The van der Waals surface area contributed by atoms with Crippen LogP contribution in [0.4, 0.5) is 4.79 Å². The molecule has 2 aromatic rings. The number of fused-ring (bicyclic) bond motifs is 1. The van der Waals surface area contributed by atoms with Crippen LogP contribution in [0, 0.1) is 0 Å². The lowest BCUT2D eigenvalue weighted by Gasteiger charge is -2.30. The van der Waals surface area contributed by atoms with Crippen molar-refractivity contribution < 1.29 is 19.1 Å². The molecule has 1 heterocycles. The predicted molar refractivity (Wildman–Crippen MR) is 103 cm³/mol. The molecule has 142 valence electrons. The van der Waals surface area contributed by atoms with Gasteiger partial charge in [-0.25, -0.2) is 9.59 Å². The van der Waals surface area contributed by atoms with E-state index in [1.165, 1.54) is 0 Å². The van der Waals surface area contributed by atoms with Crippen molar-refractivity contribution >= 4 is 22.8 Å². The largest absolute Gasteiger partial charge is 0.493 e. The van der Waals surface area contributed by atoms with E-state index in [4.69, 9.17) is 9.47 Å². The molecular formula is C21H24N2O4.